The molecule has 0 N–H and O–H groups in total. The summed E-state index contributed by atoms with van der Waals surface area (Å²) in [4.78, 5) is 0.236. The van der Waals surface area contributed by atoms with Crippen LogP contribution in [0.25, 0.3) is 22.6 Å². The minimum atomic E-state index is -3.86. The van der Waals surface area contributed by atoms with Crippen molar-refractivity contribution in [1.29, 1.82) is 0 Å². The molecule has 0 aliphatic carbocycles. The molecule has 0 amide bonds. The Morgan fingerprint density at radius 1 is 0.786 bits per heavy atom. The Labute approximate surface area is 163 Å². The van der Waals surface area contributed by atoms with Crippen molar-refractivity contribution in [1.82, 2.24) is 5.16 Å². The maximum atomic E-state index is 13.5. The van der Waals surface area contributed by atoms with Crippen molar-refractivity contribution in [3.63, 3.8) is 0 Å². The Morgan fingerprint density at radius 2 is 1.39 bits per heavy atom. The summed E-state index contributed by atoms with van der Waals surface area (Å²) in [5.74, 6) is 0.887. The molecule has 0 spiro atoms. The molecule has 140 valence electrons. The fraction of sp³-hybridized carbons (Fsp3) is 0.0455. The van der Waals surface area contributed by atoms with Crippen LogP contribution < -0.4 is 4.74 Å². The fourth-order valence-electron chi connectivity index (χ4n) is 2.95. The molecule has 4 rings (SSSR count). The van der Waals surface area contributed by atoms with E-state index in [9.17, 15) is 8.42 Å². The highest BCUT2D eigenvalue weighted by atomic mass is 32.2. The maximum absolute atomic E-state index is 13.5. The Balaban J connectivity index is 1.97. The quantitative estimate of drug-likeness (QED) is 0.486. The summed E-state index contributed by atoms with van der Waals surface area (Å²) >= 11 is 0. The third-order valence-corrected chi connectivity index (χ3v) is 6.18. The van der Waals surface area contributed by atoms with Gasteiger partial charge in [-0.05, 0) is 36.4 Å². The van der Waals surface area contributed by atoms with Crippen molar-refractivity contribution < 1.29 is 17.7 Å². The second-order valence-electron chi connectivity index (χ2n) is 6.10. The molecule has 0 fully saturated rings. The summed E-state index contributed by atoms with van der Waals surface area (Å²) in [7, 11) is -2.28. The Bertz CT molecular complexity index is 1180. The lowest BCUT2D eigenvalue weighted by Crippen LogP contribution is -2.04. The molecule has 0 saturated carbocycles. The number of aromatic nitrogens is 1. The summed E-state index contributed by atoms with van der Waals surface area (Å²) < 4.78 is 37.7. The van der Waals surface area contributed by atoms with E-state index < -0.39 is 9.84 Å². The molecule has 0 saturated heterocycles. The second kappa shape index (κ2) is 7.32. The number of rotatable bonds is 5. The molecule has 4 aromatic rings. The normalized spacial score (nSPS) is 11.3. The van der Waals surface area contributed by atoms with Crippen LogP contribution in [0.1, 0.15) is 0 Å². The van der Waals surface area contributed by atoms with Crippen LogP contribution in [0, 0.1) is 0 Å². The highest BCUT2D eigenvalue weighted by molar-refractivity contribution is 7.91. The molecular weight excluding hydrogens is 374 g/mol. The first-order chi connectivity index (χ1) is 13.6. The van der Waals surface area contributed by atoms with Crippen LogP contribution in [0.5, 0.6) is 5.75 Å². The Morgan fingerprint density at radius 3 is 2.00 bits per heavy atom. The molecule has 0 aliphatic rings. The van der Waals surface area contributed by atoms with Crippen molar-refractivity contribution in [3.8, 4) is 28.3 Å². The minimum absolute atomic E-state index is 0.0510. The van der Waals surface area contributed by atoms with E-state index in [0.29, 0.717) is 16.9 Å². The predicted molar refractivity (Wildman–Crippen MR) is 106 cm³/mol. The summed E-state index contributed by atoms with van der Waals surface area (Å²) in [6.07, 6.45) is 0. The molecule has 0 atom stereocenters. The summed E-state index contributed by atoms with van der Waals surface area (Å²) in [5.41, 5.74) is 1.54. The van der Waals surface area contributed by atoms with E-state index in [1.807, 2.05) is 18.2 Å². The topological polar surface area (TPSA) is 69.4 Å². The zero-order valence-corrected chi connectivity index (χ0v) is 15.9. The lowest BCUT2D eigenvalue weighted by atomic mass is 10.1. The smallest absolute Gasteiger partial charge is 0.212 e. The summed E-state index contributed by atoms with van der Waals surface area (Å²) in [6.45, 7) is 0. The molecule has 0 radical (unpaired) electrons. The van der Waals surface area contributed by atoms with Crippen LogP contribution in [0.2, 0.25) is 0 Å². The largest absolute Gasteiger partial charge is 0.497 e. The lowest BCUT2D eigenvalue weighted by molar-refractivity contribution is 0.415. The molecule has 0 bridgehead atoms. The van der Waals surface area contributed by atoms with Gasteiger partial charge >= 0.3 is 0 Å². The molecule has 28 heavy (non-hydrogen) atoms. The molecule has 1 aromatic heterocycles. The Kier molecular flexibility index (Phi) is 4.71. The van der Waals surface area contributed by atoms with E-state index in [2.05, 4.69) is 5.16 Å². The molecule has 3 aromatic carbocycles. The number of sulfone groups is 1. The average Bonchev–Trinajstić information content (AvgIpc) is 3.21. The van der Waals surface area contributed by atoms with Crippen LogP contribution in [-0.2, 0) is 9.84 Å². The van der Waals surface area contributed by atoms with Crippen molar-refractivity contribution in [2.75, 3.05) is 7.11 Å². The predicted octanol–water partition coefficient (Wildman–Crippen LogP) is 4.85. The van der Waals surface area contributed by atoms with E-state index >= 15 is 0 Å². The standard InChI is InChI=1S/C22H17NO4S/c1-26-18-14-12-16(13-15-18)20-22(28(24,25)19-10-6-3-7-11-19)21(27-23-20)17-8-4-2-5-9-17/h2-15H,1H3. The van der Waals surface area contributed by atoms with Gasteiger partial charge in [0.1, 0.15) is 16.3 Å². The molecule has 6 heteroatoms. The summed E-state index contributed by atoms with van der Waals surface area (Å²) in [5, 5.41) is 4.12. The van der Waals surface area contributed by atoms with Gasteiger partial charge in [0, 0.05) is 11.1 Å². The second-order valence-corrected chi connectivity index (χ2v) is 7.99. The van der Waals surface area contributed by atoms with Gasteiger partial charge in [-0.25, -0.2) is 8.42 Å². The van der Waals surface area contributed by atoms with Crippen LogP contribution in [-0.4, -0.2) is 20.7 Å². The number of hydrogen-bond acceptors (Lipinski definition) is 5. The van der Waals surface area contributed by atoms with Crippen LogP contribution in [0.4, 0.5) is 0 Å². The number of nitrogens with zero attached hydrogens (tertiary/aromatic N) is 1. The average molecular weight is 391 g/mol. The van der Waals surface area contributed by atoms with E-state index in [1.165, 1.54) is 0 Å². The highest BCUT2D eigenvalue weighted by Gasteiger charge is 2.31. The first-order valence-corrected chi connectivity index (χ1v) is 10.1. The number of ether oxygens (including phenoxy) is 1. The van der Waals surface area contributed by atoms with Gasteiger partial charge in [-0.2, -0.15) is 0 Å². The van der Waals surface area contributed by atoms with E-state index in [0.717, 1.165) is 0 Å². The number of methoxy groups -OCH3 is 1. The van der Waals surface area contributed by atoms with Crippen LogP contribution >= 0.6 is 0 Å². The molecule has 0 unspecified atom stereocenters. The van der Waals surface area contributed by atoms with Gasteiger partial charge < -0.3 is 9.26 Å². The van der Waals surface area contributed by atoms with Crippen LogP contribution in [0.3, 0.4) is 0 Å². The maximum Gasteiger partial charge on any atom is 0.212 e. The Hall–Kier alpha value is -3.38. The van der Waals surface area contributed by atoms with E-state index in [-0.39, 0.29) is 21.2 Å². The van der Waals surface area contributed by atoms with Gasteiger partial charge in [-0.3, -0.25) is 0 Å². The lowest BCUT2D eigenvalue weighted by Gasteiger charge is -2.07. The summed E-state index contributed by atoms with van der Waals surface area (Å²) in [6, 6.07) is 24.4. The first-order valence-electron chi connectivity index (χ1n) is 8.61. The zero-order valence-electron chi connectivity index (χ0n) is 15.1. The third kappa shape index (κ3) is 3.18. The monoisotopic (exact) mass is 391 g/mol. The minimum Gasteiger partial charge on any atom is -0.497 e. The molecule has 1 heterocycles. The first kappa shape index (κ1) is 18.0. The number of hydrogen-bond donors (Lipinski definition) is 0. The highest BCUT2D eigenvalue weighted by Crippen LogP contribution is 2.39. The van der Waals surface area contributed by atoms with Crippen molar-refractivity contribution in [2.45, 2.75) is 9.79 Å². The van der Waals surface area contributed by atoms with Gasteiger partial charge in [0.05, 0.1) is 12.0 Å². The van der Waals surface area contributed by atoms with E-state index in [1.54, 1.807) is 73.8 Å². The number of benzene rings is 3. The molecular formula is C22H17NO4S. The SMILES string of the molecule is COc1ccc(-c2noc(-c3ccccc3)c2S(=O)(=O)c2ccccc2)cc1. The van der Waals surface area contributed by atoms with Crippen LogP contribution in [0.15, 0.2) is 99.2 Å². The van der Waals surface area contributed by atoms with Crippen molar-refractivity contribution in [2.24, 2.45) is 0 Å². The molecule has 5 nitrogen and oxygen atoms in total. The van der Waals surface area contributed by atoms with Gasteiger partial charge in [0.15, 0.2) is 5.76 Å². The van der Waals surface area contributed by atoms with Gasteiger partial charge in [-0.1, -0.05) is 53.7 Å². The van der Waals surface area contributed by atoms with Crippen molar-refractivity contribution >= 4 is 9.84 Å². The molecule has 0 aliphatic heterocycles. The fourth-order valence-corrected chi connectivity index (χ4v) is 4.51. The van der Waals surface area contributed by atoms with E-state index in [4.69, 9.17) is 9.26 Å². The van der Waals surface area contributed by atoms with Gasteiger partial charge in [-0.15, -0.1) is 0 Å². The third-order valence-electron chi connectivity index (χ3n) is 4.37. The van der Waals surface area contributed by atoms with Crippen molar-refractivity contribution in [3.05, 3.63) is 84.9 Å². The zero-order chi connectivity index (χ0) is 19.6. The van der Waals surface area contributed by atoms with Gasteiger partial charge in [0.2, 0.25) is 9.84 Å². The van der Waals surface area contributed by atoms with Gasteiger partial charge in [0.25, 0.3) is 0 Å².